The molecule has 6 nitrogen and oxygen atoms in total. The van der Waals surface area contributed by atoms with E-state index in [4.69, 9.17) is 9.47 Å². The molecule has 0 spiro atoms. The Morgan fingerprint density at radius 2 is 1.96 bits per heavy atom. The van der Waals surface area contributed by atoms with Gasteiger partial charge in [0.15, 0.2) is 6.61 Å². The lowest BCUT2D eigenvalue weighted by atomic mass is 10.2. The molecule has 0 aliphatic carbocycles. The zero-order chi connectivity index (χ0) is 18.8. The predicted octanol–water partition coefficient (Wildman–Crippen LogP) is 3.49. The largest absolute Gasteiger partial charge is 0.487 e. The molecule has 1 aromatic heterocycles. The van der Waals surface area contributed by atoms with Crippen LogP contribution in [0.15, 0.2) is 29.6 Å². The molecular weight excluding hydrogens is 352 g/mol. The number of aryl methyl sites for hydroxylation is 1. The van der Waals surface area contributed by atoms with E-state index >= 15 is 0 Å². The summed E-state index contributed by atoms with van der Waals surface area (Å²) in [5.41, 5.74) is 1.25. The third kappa shape index (κ3) is 6.84. The Morgan fingerprint density at radius 3 is 2.62 bits per heavy atom. The minimum atomic E-state index is -0.532. The second kappa shape index (κ2) is 10.6. The van der Waals surface area contributed by atoms with Crippen molar-refractivity contribution in [2.75, 3.05) is 13.2 Å². The van der Waals surface area contributed by atoms with E-state index in [0.717, 1.165) is 30.0 Å². The van der Waals surface area contributed by atoms with Gasteiger partial charge in [0.2, 0.25) is 0 Å². The van der Waals surface area contributed by atoms with Crippen LogP contribution in [0.5, 0.6) is 5.75 Å². The lowest BCUT2D eigenvalue weighted by molar-refractivity contribution is -0.124. The fourth-order valence-corrected chi connectivity index (χ4v) is 2.78. The van der Waals surface area contributed by atoms with Gasteiger partial charge < -0.3 is 14.8 Å². The Morgan fingerprint density at radius 1 is 1.19 bits per heavy atom. The number of ether oxygens (including phenoxy) is 2. The first kappa shape index (κ1) is 19.9. The van der Waals surface area contributed by atoms with Crippen LogP contribution in [0.3, 0.4) is 0 Å². The number of nitrogens with one attached hydrogen (secondary N) is 1. The lowest BCUT2D eigenvalue weighted by Crippen LogP contribution is -2.29. The normalized spacial score (nSPS) is 10.4. The van der Waals surface area contributed by atoms with Gasteiger partial charge in [-0.2, -0.15) is 0 Å². The summed E-state index contributed by atoms with van der Waals surface area (Å²) < 4.78 is 10.6. The summed E-state index contributed by atoms with van der Waals surface area (Å²) in [7, 11) is 0. The van der Waals surface area contributed by atoms with E-state index in [1.807, 2.05) is 12.3 Å². The molecule has 0 aliphatic rings. The van der Waals surface area contributed by atoms with Gasteiger partial charge >= 0.3 is 5.97 Å². The molecule has 2 aromatic rings. The van der Waals surface area contributed by atoms with Crippen molar-refractivity contribution in [1.82, 2.24) is 10.3 Å². The summed E-state index contributed by atoms with van der Waals surface area (Å²) in [6.07, 6.45) is 3.09. The van der Waals surface area contributed by atoms with Gasteiger partial charge in [-0.1, -0.05) is 19.8 Å². The monoisotopic (exact) mass is 376 g/mol. The average Bonchev–Trinajstić information content (AvgIpc) is 3.07. The number of unbranched alkanes of at least 4 members (excludes halogenated alkanes) is 2. The molecule has 0 aliphatic heterocycles. The number of amides is 1. The summed E-state index contributed by atoms with van der Waals surface area (Å²) in [6.45, 7) is 4.76. The van der Waals surface area contributed by atoms with Crippen LogP contribution < -0.4 is 10.1 Å². The molecule has 0 radical (unpaired) electrons. The Balaban J connectivity index is 1.72. The third-order valence-electron chi connectivity index (χ3n) is 3.58. The van der Waals surface area contributed by atoms with Crippen molar-refractivity contribution >= 4 is 23.2 Å². The molecule has 1 aromatic carbocycles. The number of rotatable bonds is 10. The van der Waals surface area contributed by atoms with Crippen LogP contribution in [-0.4, -0.2) is 30.0 Å². The minimum absolute atomic E-state index is 0.271. The second-order valence-corrected chi connectivity index (χ2v) is 6.87. The van der Waals surface area contributed by atoms with Crippen molar-refractivity contribution in [3.63, 3.8) is 0 Å². The van der Waals surface area contributed by atoms with E-state index in [0.29, 0.717) is 24.5 Å². The van der Waals surface area contributed by atoms with Crippen LogP contribution in [0.1, 0.15) is 47.2 Å². The second-order valence-electron chi connectivity index (χ2n) is 5.80. The first-order valence-electron chi connectivity index (χ1n) is 8.66. The van der Waals surface area contributed by atoms with Crippen LogP contribution in [0, 0.1) is 6.92 Å². The molecule has 140 valence electrons. The summed E-state index contributed by atoms with van der Waals surface area (Å²) >= 11 is 1.58. The van der Waals surface area contributed by atoms with Gasteiger partial charge in [0.05, 0.1) is 16.3 Å². The van der Waals surface area contributed by atoms with Crippen molar-refractivity contribution in [1.29, 1.82) is 0 Å². The summed E-state index contributed by atoms with van der Waals surface area (Å²) in [5.74, 6) is -0.177. The van der Waals surface area contributed by atoms with Crippen LogP contribution in [0.2, 0.25) is 0 Å². The lowest BCUT2D eigenvalue weighted by Gasteiger charge is -2.07. The molecule has 0 saturated carbocycles. The zero-order valence-electron chi connectivity index (χ0n) is 15.1. The quantitative estimate of drug-likeness (QED) is 0.507. The van der Waals surface area contributed by atoms with E-state index in [1.54, 1.807) is 35.6 Å². The number of esters is 1. The number of carbonyl (C=O) groups is 2. The van der Waals surface area contributed by atoms with Crippen molar-refractivity contribution in [3.05, 3.63) is 45.9 Å². The highest BCUT2D eigenvalue weighted by atomic mass is 32.1. The highest BCUT2D eigenvalue weighted by Crippen LogP contribution is 2.16. The van der Waals surface area contributed by atoms with Crippen molar-refractivity contribution < 1.29 is 19.1 Å². The predicted molar refractivity (Wildman–Crippen MR) is 100 cm³/mol. The molecule has 1 heterocycles. The number of hydrogen-bond acceptors (Lipinski definition) is 6. The Kier molecular flexibility index (Phi) is 8.08. The van der Waals surface area contributed by atoms with E-state index in [2.05, 4.69) is 17.2 Å². The van der Waals surface area contributed by atoms with Gasteiger partial charge in [-0.15, -0.1) is 11.3 Å². The highest BCUT2D eigenvalue weighted by molar-refractivity contribution is 7.09. The van der Waals surface area contributed by atoms with E-state index in [1.165, 1.54) is 0 Å². The Labute approximate surface area is 157 Å². The molecule has 0 fully saturated rings. The summed E-state index contributed by atoms with van der Waals surface area (Å²) in [4.78, 5) is 27.9. The van der Waals surface area contributed by atoms with Gasteiger partial charge in [0.1, 0.15) is 12.4 Å². The first-order valence-corrected chi connectivity index (χ1v) is 9.54. The molecule has 1 amide bonds. The molecular formula is C19H24N2O4S. The fraction of sp³-hybridized carbons (Fsp3) is 0.421. The summed E-state index contributed by atoms with van der Waals surface area (Å²) in [6, 6.07) is 6.62. The van der Waals surface area contributed by atoms with Gasteiger partial charge in [-0.3, -0.25) is 4.79 Å². The molecule has 0 unspecified atom stereocenters. The average molecular weight is 376 g/mol. The number of nitrogens with zero attached hydrogens (tertiary/aromatic N) is 1. The van der Waals surface area contributed by atoms with Gasteiger partial charge in [0.25, 0.3) is 5.91 Å². The minimum Gasteiger partial charge on any atom is -0.487 e. The Bertz CT molecular complexity index is 713. The maximum atomic E-state index is 12.0. The molecule has 7 heteroatoms. The standard InChI is InChI=1S/C19H24N2O4S/c1-3-4-5-10-20-18(22)12-25-19(23)15-6-8-17(9-7-15)24-11-16-13-26-14(2)21-16/h6-9,13H,3-5,10-12H2,1-2H3,(H,20,22). The molecule has 1 N–H and O–H groups in total. The number of hydrogen-bond donors (Lipinski definition) is 1. The van der Waals surface area contributed by atoms with E-state index < -0.39 is 5.97 Å². The van der Waals surface area contributed by atoms with Gasteiger partial charge in [-0.25, -0.2) is 9.78 Å². The van der Waals surface area contributed by atoms with E-state index in [-0.39, 0.29) is 12.5 Å². The first-order chi connectivity index (χ1) is 12.6. The molecule has 0 saturated heterocycles. The van der Waals surface area contributed by atoms with Crippen molar-refractivity contribution in [3.8, 4) is 5.75 Å². The van der Waals surface area contributed by atoms with Crippen LogP contribution in [0.4, 0.5) is 0 Å². The third-order valence-corrected chi connectivity index (χ3v) is 4.40. The smallest absolute Gasteiger partial charge is 0.338 e. The fourth-order valence-electron chi connectivity index (χ4n) is 2.19. The molecule has 0 bridgehead atoms. The maximum Gasteiger partial charge on any atom is 0.338 e. The van der Waals surface area contributed by atoms with Gasteiger partial charge in [-0.05, 0) is 37.6 Å². The number of carbonyl (C=O) groups excluding carboxylic acids is 2. The topological polar surface area (TPSA) is 77.5 Å². The Hall–Kier alpha value is -2.41. The zero-order valence-corrected chi connectivity index (χ0v) is 15.9. The van der Waals surface area contributed by atoms with Crippen molar-refractivity contribution in [2.45, 2.75) is 39.7 Å². The molecule has 26 heavy (non-hydrogen) atoms. The number of aromatic nitrogens is 1. The number of thiazole rings is 1. The van der Waals surface area contributed by atoms with E-state index in [9.17, 15) is 9.59 Å². The van der Waals surface area contributed by atoms with Crippen LogP contribution in [0.25, 0.3) is 0 Å². The SMILES string of the molecule is CCCCCNC(=O)COC(=O)c1ccc(OCc2csc(C)n2)cc1. The number of benzene rings is 1. The maximum absolute atomic E-state index is 12.0. The molecule has 0 atom stereocenters. The van der Waals surface area contributed by atoms with Gasteiger partial charge in [0, 0.05) is 11.9 Å². The van der Waals surface area contributed by atoms with Crippen LogP contribution in [-0.2, 0) is 16.1 Å². The highest BCUT2D eigenvalue weighted by Gasteiger charge is 2.10. The van der Waals surface area contributed by atoms with Crippen molar-refractivity contribution in [2.24, 2.45) is 0 Å². The molecule has 2 rings (SSSR count). The van der Waals surface area contributed by atoms with Crippen LogP contribution >= 0.6 is 11.3 Å². The summed E-state index contributed by atoms with van der Waals surface area (Å²) in [5, 5.41) is 5.68.